The molecule has 1 N–H and O–H groups in total. The van der Waals surface area contributed by atoms with Crippen LogP contribution in [0, 0.1) is 17.0 Å². The molecule has 6 nitrogen and oxygen atoms in total. The van der Waals surface area contributed by atoms with Gasteiger partial charge in [0.1, 0.15) is 0 Å². The highest BCUT2D eigenvalue weighted by Gasteiger charge is 2.16. The monoisotopic (exact) mass is 401 g/mol. The number of para-hydroxylation sites is 1. The second-order valence-corrected chi connectivity index (χ2v) is 7.53. The van der Waals surface area contributed by atoms with Crippen LogP contribution in [0.25, 0.3) is 0 Å². The van der Waals surface area contributed by atoms with Crippen molar-refractivity contribution < 1.29 is 9.72 Å². The number of hydrogen-bond acceptors (Lipinski definition) is 5. The number of aromatic nitrogens is 1. The first-order valence-corrected chi connectivity index (χ1v) is 9.33. The van der Waals surface area contributed by atoms with Gasteiger partial charge in [0.15, 0.2) is 5.13 Å². The first kappa shape index (κ1) is 19.0. The number of aryl methyl sites for hydroxylation is 1. The zero-order valence-electron chi connectivity index (χ0n) is 14.4. The summed E-state index contributed by atoms with van der Waals surface area (Å²) >= 11 is 7.52. The summed E-state index contributed by atoms with van der Waals surface area (Å²) in [4.78, 5) is 28.0. The maximum Gasteiger partial charge on any atom is 0.273 e. The summed E-state index contributed by atoms with van der Waals surface area (Å²) < 4.78 is 0. The highest BCUT2D eigenvalue weighted by molar-refractivity contribution is 7.15. The topological polar surface area (TPSA) is 85.1 Å². The lowest BCUT2D eigenvalue weighted by Gasteiger charge is -2.03. The Kier molecular flexibility index (Phi) is 5.83. The second-order valence-electron chi connectivity index (χ2n) is 6.00. The van der Waals surface area contributed by atoms with Gasteiger partial charge in [-0.3, -0.25) is 14.9 Å². The quantitative estimate of drug-likeness (QED) is 0.475. The minimum atomic E-state index is -0.489. The van der Waals surface area contributed by atoms with Crippen LogP contribution in [-0.2, 0) is 17.6 Å². The average Bonchev–Trinajstić information content (AvgIpc) is 3.05. The molecule has 0 bridgehead atoms. The third kappa shape index (κ3) is 4.90. The highest BCUT2D eigenvalue weighted by Crippen LogP contribution is 2.24. The van der Waals surface area contributed by atoms with E-state index in [4.69, 9.17) is 11.6 Å². The van der Waals surface area contributed by atoms with Crippen LogP contribution in [0.1, 0.15) is 21.6 Å². The lowest BCUT2D eigenvalue weighted by Crippen LogP contribution is -2.15. The Morgan fingerprint density at radius 1 is 1.30 bits per heavy atom. The Morgan fingerprint density at radius 3 is 2.81 bits per heavy atom. The van der Waals surface area contributed by atoms with Gasteiger partial charge < -0.3 is 5.32 Å². The van der Waals surface area contributed by atoms with Crippen LogP contribution < -0.4 is 5.32 Å². The number of hydrogen-bond donors (Lipinski definition) is 1. The maximum absolute atomic E-state index is 12.2. The molecule has 0 fully saturated rings. The Hall–Kier alpha value is -2.77. The first-order chi connectivity index (χ1) is 12.9. The van der Waals surface area contributed by atoms with Crippen molar-refractivity contribution in [2.45, 2.75) is 19.8 Å². The number of thiazole rings is 1. The number of amides is 1. The Labute approximate surface area is 165 Å². The number of nitrogens with one attached hydrogen (secondary N) is 1. The summed E-state index contributed by atoms with van der Waals surface area (Å²) in [6.07, 6.45) is 2.29. The van der Waals surface area contributed by atoms with E-state index in [2.05, 4.69) is 10.3 Å². The van der Waals surface area contributed by atoms with Crippen molar-refractivity contribution in [2.24, 2.45) is 0 Å². The van der Waals surface area contributed by atoms with Crippen LogP contribution in [0.5, 0.6) is 0 Å². The number of halogens is 1. The molecular weight excluding hydrogens is 386 g/mol. The van der Waals surface area contributed by atoms with E-state index >= 15 is 0 Å². The standard InChI is InChI=1S/C19H16ClN3O3S/c1-12-6-7-13(9-16(12)20)8-15-11-21-19(27-15)22-18(24)10-14-4-2-3-5-17(14)23(25)26/h2-7,9,11H,8,10H2,1H3,(H,21,22,24). The van der Waals surface area contributed by atoms with Crippen molar-refractivity contribution in [3.05, 3.63) is 85.4 Å². The number of anilines is 1. The van der Waals surface area contributed by atoms with Gasteiger partial charge >= 0.3 is 0 Å². The van der Waals surface area contributed by atoms with Gasteiger partial charge in [0.25, 0.3) is 5.69 Å². The fraction of sp³-hybridized carbons (Fsp3) is 0.158. The van der Waals surface area contributed by atoms with Gasteiger partial charge in [-0.25, -0.2) is 4.98 Å². The molecule has 8 heteroatoms. The zero-order chi connectivity index (χ0) is 19.4. The van der Waals surface area contributed by atoms with Gasteiger partial charge in [0.05, 0.1) is 11.3 Å². The molecule has 0 radical (unpaired) electrons. The van der Waals surface area contributed by atoms with E-state index in [0.29, 0.717) is 17.1 Å². The molecule has 0 spiro atoms. The van der Waals surface area contributed by atoms with E-state index in [1.54, 1.807) is 24.4 Å². The number of carbonyl (C=O) groups excluding carboxylic acids is 1. The third-order valence-corrected chi connectivity index (χ3v) is 5.27. The number of nitro groups is 1. The molecular formula is C19H16ClN3O3S. The smallest absolute Gasteiger partial charge is 0.273 e. The molecule has 1 aromatic heterocycles. The maximum atomic E-state index is 12.2. The number of rotatable bonds is 6. The van der Waals surface area contributed by atoms with Crippen molar-refractivity contribution in [3.8, 4) is 0 Å². The minimum Gasteiger partial charge on any atom is -0.302 e. The molecule has 0 atom stereocenters. The molecule has 3 aromatic rings. The van der Waals surface area contributed by atoms with Crippen molar-refractivity contribution >= 4 is 39.7 Å². The van der Waals surface area contributed by atoms with E-state index in [1.165, 1.54) is 17.4 Å². The van der Waals surface area contributed by atoms with Crippen LogP contribution in [0.2, 0.25) is 5.02 Å². The largest absolute Gasteiger partial charge is 0.302 e. The number of nitro benzene ring substituents is 1. The summed E-state index contributed by atoms with van der Waals surface area (Å²) in [6.45, 7) is 1.95. The van der Waals surface area contributed by atoms with Gasteiger partial charge in [-0.05, 0) is 24.1 Å². The lowest BCUT2D eigenvalue weighted by atomic mass is 10.1. The molecule has 0 saturated heterocycles. The number of nitrogens with zero attached hydrogens (tertiary/aromatic N) is 2. The van der Waals surface area contributed by atoms with Gasteiger partial charge in [0, 0.05) is 34.1 Å². The predicted octanol–water partition coefficient (Wildman–Crippen LogP) is 4.79. The molecule has 1 amide bonds. The molecule has 1 heterocycles. The molecule has 0 saturated carbocycles. The van der Waals surface area contributed by atoms with Crippen LogP contribution in [-0.4, -0.2) is 15.8 Å². The van der Waals surface area contributed by atoms with E-state index < -0.39 is 4.92 Å². The summed E-state index contributed by atoms with van der Waals surface area (Å²) in [5, 5.41) is 14.9. The van der Waals surface area contributed by atoms with Crippen LogP contribution >= 0.6 is 22.9 Å². The van der Waals surface area contributed by atoms with Gasteiger partial charge in [-0.15, -0.1) is 11.3 Å². The Morgan fingerprint density at radius 2 is 2.07 bits per heavy atom. The van der Waals surface area contributed by atoms with Crippen LogP contribution in [0.3, 0.4) is 0 Å². The minimum absolute atomic E-state index is 0.0660. The molecule has 0 aliphatic rings. The summed E-state index contributed by atoms with van der Waals surface area (Å²) in [7, 11) is 0. The summed E-state index contributed by atoms with van der Waals surface area (Å²) in [6, 6.07) is 12.1. The lowest BCUT2D eigenvalue weighted by molar-refractivity contribution is -0.385. The normalized spacial score (nSPS) is 10.6. The molecule has 138 valence electrons. The van der Waals surface area contributed by atoms with Crippen molar-refractivity contribution in [1.82, 2.24) is 4.98 Å². The van der Waals surface area contributed by atoms with Gasteiger partial charge in [-0.1, -0.05) is 41.9 Å². The summed E-state index contributed by atoms with van der Waals surface area (Å²) in [5.74, 6) is -0.344. The molecule has 0 aliphatic heterocycles. The fourth-order valence-corrected chi connectivity index (χ4v) is 3.64. The molecule has 0 unspecified atom stereocenters. The Balaban J connectivity index is 1.64. The summed E-state index contributed by atoms with van der Waals surface area (Å²) in [5.41, 5.74) is 2.38. The molecule has 3 rings (SSSR count). The predicted molar refractivity (Wildman–Crippen MR) is 107 cm³/mol. The average molecular weight is 402 g/mol. The van der Waals surface area contributed by atoms with E-state index in [0.717, 1.165) is 21.0 Å². The van der Waals surface area contributed by atoms with Crippen molar-refractivity contribution in [2.75, 3.05) is 5.32 Å². The fourth-order valence-electron chi connectivity index (χ4n) is 2.57. The van der Waals surface area contributed by atoms with Crippen LogP contribution in [0.4, 0.5) is 10.8 Å². The Bertz CT molecular complexity index is 1000. The molecule has 0 aliphatic carbocycles. The van der Waals surface area contributed by atoms with Crippen LogP contribution in [0.15, 0.2) is 48.7 Å². The molecule has 2 aromatic carbocycles. The van der Waals surface area contributed by atoms with Gasteiger partial charge in [-0.2, -0.15) is 0 Å². The van der Waals surface area contributed by atoms with Crippen molar-refractivity contribution in [1.29, 1.82) is 0 Å². The van der Waals surface area contributed by atoms with E-state index in [1.807, 2.05) is 25.1 Å². The number of carbonyl (C=O) groups is 1. The van der Waals surface area contributed by atoms with Crippen molar-refractivity contribution in [3.63, 3.8) is 0 Å². The van der Waals surface area contributed by atoms with E-state index in [9.17, 15) is 14.9 Å². The zero-order valence-corrected chi connectivity index (χ0v) is 16.0. The third-order valence-electron chi connectivity index (χ3n) is 3.95. The first-order valence-electron chi connectivity index (χ1n) is 8.14. The SMILES string of the molecule is Cc1ccc(Cc2cnc(NC(=O)Cc3ccccc3[N+](=O)[O-])s2)cc1Cl. The molecule has 27 heavy (non-hydrogen) atoms. The van der Waals surface area contributed by atoms with E-state index in [-0.39, 0.29) is 18.0 Å². The highest BCUT2D eigenvalue weighted by atomic mass is 35.5. The van der Waals surface area contributed by atoms with Gasteiger partial charge in [0.2, 0.25) is 5.91 Å². The number of benzene rings is 2. The second kappa shape index (κ2) is 8.28.